The number of hydrogen-bond acceptors (Lipinski definition) is 5. The molecular formula is C12H22O4S. The lowest BCUT2D eigenvalue weighted by molar-refractivity contribution is -0.152. The first-order valence-electron chi connectivity index (χ1n) is 5.84. The zero-order chi connectivity index (χ0) is 13.3. The number of carbonyl (C=O) groups is 2. The lowest BCUT2D eigenvalue weighted by Crippen LogP contribution is -2.29. The molecule has 0 aliphatic heterocycles. The second-order valence-corrected chi connectivity index (χ2v) is 5.32. The summed E-state index contributed by atoms with van der Waals surface area (Å²) in [6.07, 6.45) is 0.386. The molecule has 0 aliphatic rings. The van der Waals surface area contributed by atoms with Crippen molar-refractivity contribution in [2.24, 2.45) is 5.41 Å². The summed E-state index contributed by atoms with van der Waals surface area (Å²) in [5.41, 5.74) is -0.505. The zero-order valence-electron chi connectivity index (χ0n) is 11.1. The van der Waals surface area contributed by atoms with E-state index in [0.29, 0.717) is 31.1 Å². The fourth-order valence-electron chi connectivity index (χ4n) is 1.10. The molecule has 0 spiro atoms. The van der Waals surface area contributed by atoms with E-state index in [1.807, 2.05) is 13.8 Å². The van der Waals surface area contributed by atoms with Crippen LogP contribution in [0.3, 0.4) is 0 Å². The molecule has 0 aromatic carbocycles. The Bertz CT molecular complexity index is 251. The lowest BCUT2D eigenvalue weighted by Gasteiger charge is -2.21. The molecule has 4 nitrogen and oxygen atoms in total. The van der Waals surface area contributed by atoms with Crippen LogP contribution in [0.1, 0.15) is 34.1 Å². The molecule has 0 fully saturated rings. The highest BCUT2D eigenvalue weighted by atomic mass is 32.2. The smallest absolute Gasteiger partial charge is 0.312 e. The molecule has 17 heavy (non-hydrogen) atoms. The Balaban J connectivity index is 3.79. The van der Waals surface area contributed by atoms with Crippen LogP contribution >= 0.6 is 11.8 Å². The van der Waals surface area contributed by atoms with Crippen molar-refractivity contribution in [1.82, 2.24) is 0 Å². The van der Waals surface area contributed by atoms with Gasteiger partial charge in [-0.3, -0.25) is 9.59 Å². The van der Waals surface area contributed by atoms with Crippen molar-refractivity contribution in [2.45, 2.75) is 34.1 Å². The summed E-state index contributed by atoms with van der Waals surface area (Å²) in [5, 5.41) is 0. The van der Waals surface area contributed by atoms with E-state index in [1.165, 1.54) is 0 Å². The van der Waals surface area contributed by atoms with Crippen LogP contribution in [0.25, 0.3) is 0 Å². The molecule has 0 bridgehead atoms. The standard InChI is InChI=1S/C12H22O4S/c1-5-15-10(13)7-8-17-9-12(3,4)11(14)16-6-2/h5-9H2,1-4H3. The summed E-state index contributed by atoms with van der Waals surface area (Å²) in [6, 6.07) is 0. The van der Waals surface area contributed by atoms with E-state index in [9.17, 15) is 9.59 Å². The SMILES string of the molecule is CCOC(=O)CCSCC(C)(C)C(=O)OCC. The van der Waals surface area contributed by atoms with Crippen molar-refractivity contribution in [2.75, 3.05) is 24.7 Å². The van der Waals surface area contributed by atoms with E-state index in [0.717, 1.165) is 0 Å². The molecular weight excluding hydrogens is 240 g/mol. The van der Waals surface area contributed by atoms with Crippen LogP contribution in [0, 0.1) is 5.41 Å². The van der Waals surface area contributed by atoms with E-state index in [4.69, 9.17) is 9.47 Å². The van der Waals surface area contributed by atoms with Crippen molar-refractivity contribution in [3.8, 4) is 0 Å². The number of carbonyl (C=O) groups excluding carboxylic acids is 2. The molecule has 0 aromatic rings. The minimum absolute atomic E-state index is 0.186. The highest BCUT2D eigenvalue weighted by Gasteiger charge is 2.28. The maximum atomic E-state index is 11.6. The molecule has 0 heterocycles. The fourth-order valence-corrected chi connectivity index (χ4v) is 2.18. The van der Waals surface area contributed by atoms with E-state index >= 15 is 0 Å². The number of thioether (sulfide) groups is 1. The summed E-state index contributed by atoms with van der Waals surface area (Å²) in [6.45, 7) is 8.09. The maximum Gasteiger partial charge on any atom is 0.312 e. The normalized spacial score (nSPS) is 11.1. The van der Waals surface area contributed by atoms with Crippen LogP contribution in [-0.2, 0) is 19.1 Å². The Kier molecular flexibility index (Phi) is 8.04. The van der Waals surface area contributed by atoms with Gasteiger partial charge in [0.25, 0.3) is 0 Å². The monoisotopic (exact) mass is 262 g/mol. The van der Waals surface area contributed by atoms with Crippen LogP contribution in [0.15, 0.2) is 0 Å². The van der Waals surface area contributed by atoms with Gasteiger partial charge < -0.3 is 9.47 Å². The Hall–Kier alpha value is -0.710. The molecule has 0 saturated carbocycles. The predicted octanol–water partition coefficient (Wildman–Crippen LogP) is 2.26. The largest absolute Gasteiger partial charge is 0.466 e. The molecule has 0 saturated heterocycles. The van der Waals surface area contributed by atoms with Crippen LogP contribution in [0.5, 0.6) is 0 Å². The third kappa shape index (κ3) is 7.26. The Morgan fingerprint density at radius 1 is 1.12 bits per heavy atom. The molecule has 0 unspecified atom stereocenters. The van der Waals surface area contributed by atoms with Gasteiger partial charge in [-0.2, -0.15) is 11.8 Å². The molecule has 0 aliphatic carbocycles. The van der Waals surface area contributed by atoms with Gasteiger partial charge in [-0.25, -0.2) is 0 Å². The van der Waals surface area contributed by atoms with Crippen molar-refractivity contribution in [3.63, 3.8) is 0 Å². The van der Waals surface area contributed by atoms with E-state index in [1.54, 1.807) is 25.6 Å². The maximum absolute atomic E-state index is 11.6. The van der Waals surface area contributed by atoms with Crippen LogP contribution < -0.4 is 0 Å². The highest BCUT2D eigenvalue weighted by molar-refractivity contribution is 7.99. The highest BCUT2D eigenvalue weighted by Crippen LogP contribution is 2.23. The van der Waals surface area contributed by atoms with Crippen LogP contribution in [-0.4, -0.2) is 36.7 Å². The van der Waals surface area contributed by atoms with Gasteiger partial charge in [0.1, 0.15) is 0 Å². The van der Waals surface area contributed by atoms with Gasteiger partial charge in [0, 0.05) is 11.5 Å². The Morgan fingerprint density at radius 3 is 2.24 bits per heavy atom. The average molecular weight is 262 g/mol. The van der Waals surface area contributed by atoms with Gasteiger partial charge in [-0.15, -0.1) is 0 Å². The third-order valence-corrected chi connectivity index (χ3v) is 3.47. The van der Waals surface area contributed by atoms with E-state index in [-0.39, 0.29) is 11.9 Å². The molecule has 0 aromatic heterocycles. The minimum Gasteiger partial charge on any atom is -0.466 e. The summed E-state index contributed by atoms with van der Waals surface area (Å²) >= 11 is 1.57. The van der Waals surface area contributed by atoms with Gasteiger partial charge in [0.2, 0.25) is 0 Å². The van der Waals surface area contributed by atoms with Gasteiger partial charge in [0.15, 0.2) is 0 Å². The van der Waals surface area contributed by atoms with E-state index < -0.39 is 5.41 Å². The van der Waals surface area contributed by atoms with Crippen molar-refractivity contribution in [3.05, 3.63) is 0 Å². The number of rotatable bonds is 8. The molecule has 100 valence electrons. The number of esters is 2. The fraction of sp³-hybridized carbons (Fsp3) is 0.833. The topological polar surface area (TPSA) is 52.6 Å². The molecule has 0 rings (SSSR count). The lowest BCUT2D eigenvalue weighted by atomic mass is 9.97. The quantitative estimate of drug-likeness (QED) is 0.496. The molecule has 0 N–H and O–H groups in total. The Labute approximate surface area is 107 Å². The van der Waals surface area contributed by atoms with Gasteiger partial charge in [-0.05, 0) is 27.7 Å². The van der Waals surface area contributed by atoms with Crippen LogP contribution in [0.2, 0.25) is 0 Å². The number of ether oxygens (including phenoxy) is 2. The van der Waals surface area contributed by atoms with Gasteiger partial charge in [0.05, 0.1) is 25.0 Å². The summed E-state index contributed by atoms with van der Waals surface area (Å²) in [4.78, 5) is 22.6. The molecule has 0 radical (unpaired) electrons. The minimum atomic E-state index is -0.505. The first kappa shape index (κ1) is 16.3. The predicted molar refractivity (Wildman–Crippen MR) is 69.0 cm³/mol. The summed E-state index contributed by atoms with van der Waals surface area (Å²) < 4.78 is 9.80. The first-order chi connectivity index (χ1) is 7.94. The van der Waals surface area contributed by atoms with Gasteiger partial charge in [-0.1, -0.05) is 0 Å². The van der Waals surface area contributed by atoms with E-state index in [2.05, 4.69) is 0 Å². The van der Waals surface area contributed by atoms with Crippen molar-refractivity contribution in [1.29, 1.82) is 0 Å². The van der Waals surface area contributed by atoms with Crippen molar-refractivity contribution >= 4 is 23.7 Å². The van der Waals surface area contributed by atoms with Gasteiger partial charge >= 0.3 is 11.9 Å². The Morgan fingerprint density at radius 2 is 1.71 bits per heavy atom. The second kappa shape index (κ2) is 8.39. The summed E-state index contributed by atoms with van der Waals surface area (Å²) in [7, 11) is 0. The third-order valence-electron chi connectivity index (χ3n) is 2.05. The van der Waals surface area contributed by atoms with Crippen molar-refractivity contribution < 1.29 is 19.1 Å². The van der Waals surface area contributed by atoms with Crippen LogP contribution in [0.4, 0.5) is 0 Å². The first-order valence-corrected chi connectivity index (χ1v) is 7.00. The summed E-state index contributed by atoms with van der Waals surface area (Å²) in [5.74, 6) is 0.935. The number of hydrogen-bond donors (Lipinski definition) is 0. The molecule has 0 atom stereocenters. The molecule has 5 heteroatoms. The second-order valence-electron chi connectivity index (χ2n) is 4.21. The molecule has 0 amide bonds. The zero-order valence-corrected chi connectivity index (χ0v) is 11.9. The average Bonchev–Trinajstić information content (AvgIpc) is 2.25.